The molecule has 0 unspecified atom stereocenters. The fourth-order valence-corrected chi connectivity index (χ4v) is 2.31. The van der Waals surface area contributed by atoms with E-state index in [0.717, 1.165) is 0 Å². The minimum atomic E-state index is -0.582. The molecule has 0 spiro atoms. The zero-order valence-corrected chi connectivity index (χ0v) is 11.4. The molecule has 1 heterocycles. The van der Waals surface area contributed by atoms with Gasteiger partial charge in [-0.3, -0.25) is 0 Å². The summed E-state index contributed by atoms with van der Waals surface area (Å²) in [6.07, 6.45) is 0. The monoisotopic (exact) mass is 306 g/mol. The Kier molecular flexibility index (Phi) is 3.35. The molecular weight excluding hydrogens is 298 g/mol. The molecule has 0 bridgehead atoms. The highest BCUT2D eigenvalue weighted by molar-refractivity contribution is 6.33. The van der Waals surface area contributed by atoms with Crippen molar-refractivity contribution in [1.29, 1.82) is 0 Å². The molecule has 0 amide bonds. The van der Waals surface area contributed by atoms with Crippen molar-refractivity contribution in [1.82, 2.24) is 5.16 Å². The lowest BCUT2D eigenvalue weighted by Gasteiger charge is -2.05. The fourth-order valence-electron chi connectivity index (χ4n) is 2.10. The summed E-state index contributed by atoms with van der Waals surface area (Å²) < 4.78 is 31.9. The third kappa shape index (κ3) is 2.36. The van der Waals surface area contributed by atoms with E-state index in [1.54, 1.807) is 12.1 Å². The van der Waals surface area contributed by atoms with E-state index in [2.05, 4.69) is 5.16 Å². The molecule has 0 aliphatic carbocycles. The molecule has 2 N–H and O–H groups in total. The summed E-state index contributed by atoms with van der Waals surface area (Å²) in [6.45, 7) is 0. The van der Waals surface area contributed by atoms with Gasteiger partial charge in [-0.05, 0) is 23.8 Å². The van der Waals surface area contributed by atoms with Crippen molar-refractivity contribution < 1.29 is 13.3 Å². The van der Waals surface area contributed by atoms with Crippen LogP contribution in [0.1, 0.15) is 0 Å². The van der Waals surface area contributed by atoms with E-state index in [1.807, 2.05) is 0 Å². The van der Waals surface area contributed by atoms with Gasteiger partial charge in [0.05, 0.1) is 10.6 Å². The van der Waals surface area contributed by atoms with Gasteiger partial charge in [-0.1, -0.05) is 41.0 Å². The van der Waals surface area contributed by atoms with Crippen LogP contribution < -0.4 is 5.73 Å². The maximum atomic E-state index is 13.6. The van der Waals surface area contributed by atoms with Gasteiger partial charge in [0.15, 0.2) is 0 Å². The fraction of sp³-hybridized carbons (Fsp3) is 0. The average molecular weight is 307 g/mol. The van der Waals surface area contributed by atoms with Crippen LogP contribution in [0.15, 0.2) is 47.0 Å². The SMILES string of the molecule is Nc1onc(-c2cccc(F)c2Cl)c1-c1cccc(F)c1. The van der Waals surface area contributed by atoms with Crippen LogP contribution in [0, 0.1) is 11.6 Å². The first-order valence-corrected chi connectivity index (χ1v) is 6.41. The van der Waals surface area contributed by atoms with Gasteiger partial charge in [0.1, 0.15) is 17.3 Å². The number of rotatable bonds is 2. The second kappa shape index (κ2) is 5.18. The van der Waals surface area contributed by atoms with Gasteiger partial charge in [0, 0.05) is 5.56 Å². The minimum Gasteiger partial charge on any atom is -0.367 e. The summed E-state index contributed by atoms with van der Waals surface area (Å²) in [7, 11) is 0. The number of halogens is 3. The van der Waals surface area contributed by atoms with Crippen molar-refractivity contribution in [2.24, 2.45) is 0 Å². The molecule has 0 atom stereocenters. The van der Waals surface area contributed by atoms with Gasteiger partial charge >= 0.3 is 0 Å². The predicted molar refractivity (Wildman–Crippen MR) is 76.7 cm³/mol. The standard InChI is InChI=1S/C15H9ClF2N2O/c16-13-10(5-2-6-11(13)18)14-12(15(19)21-20-14)8-3-1-4-9(17)7-8/h1-7H,19H2. The van der Waals surface area contributed by atoms with Crippen molar-refractivity contribution in [2.45, 2.75) is 0 Å². The van der Waals surface area contributed by atoms with Crippen LogP contribution in [-0.2, 0) is 0 Å². The lowest BCUT2D eigenvalue weighted by atomic mass is 10.0. The van der Waals surface area contributed by atoms with Gasteiger partial charge in [-0.25, -0.2) is 8.78 Å². The molecule has 0 aliphatic heterocycles. The summed E-state index contributed by atoms with van der Waals surface area (Å²) in [5.41, 5.74) is 7.21. The Balaban J connectivity index is 2.24. The summed E-state index contributed by atoms with van der Waals surface area (Å²) in [5, 5.41) is 3.73. The van der Waals surface area contributed by atoms with Crippen LogP contribution in [-0.4, -0.2) is 5.16 Å². The number of hydrogen-bond acceptors (Lipinski definition) is 3. The number of nitrogen functional groups attached to an aromatic ring is 1. The first kappa shape index (κ1) is 13.6. The number of aromatic nitrogens is 1. The molecule has 0 saturated carbocycles. The predicted octanol–water partition coefficient (Wildman–Crippen LogP) is 4.52. The van der Waals surface area contributed by atoms with Crippen LogP contribution in [0.25, 0.3) is 22.4 Å². The average Bonchev–Trinajstić information content (AvgIpc) is 2.83. The lowest BCUT2D eigenvalue weighted by molar-refractivity contribution is 0.439. The highest BCUT2D eigenvalue weighted by Gasteiger charge is 2.20. The quantitative estimate of drug-likeness (QED) is 0.757. The Bertz CT molecular complexity index is 817. The third-order valence-corrected chi connectivity index (χ3v) is 3.42. The topological polar surface area (TPSA) is 52.0 Å². The maximum Gasteiger partial charge on any atom is 0.230 e. The van der Waals surface area contributed by atoms with E-state index < -0.39 is 11.6 Å². The molecule has 2 aromatic carbocycles. The van der Waals surface area contributed by atoms with E-state index in [0.29, 0.717) is 16.7 Å². The Labute approximate surface area is 123 Å². The molecule has 0 aliphatic rings. The van der Waals surface area contributed by atoms with Crippen LogP contribution in [0.5, 0.6) is 0 Å². The smallest absolute Gasteiger partial charge is 0.230 e. The first-order chi connectivity index (χ1) is 10.1. The summed E-state index contributed by atoms with van der Waals surface area (Å²) in [5.74, 6) is -0.999. The summed E-state index contributed by atoms with van der Waals surface area (Å²) in [6, 6.07) is 10.1. The van der Waals surface area contributed by atoms with Gasteiger partial charge in [0.25, 0.3) is 0 Å². The molecule has 0 fully saturated rings. The maximum absolute atomic E-state index is 13.6. The van der Waals surface area contributed by atoms with E-state index in [1.165, 1.54) is 30.3 Å². The third-order valence-electron chi connectivity index (χ3n) is 3.04. The van der Waals surface area contributed by atoms with Crippen molar-refractivity contribution in [2.75, 3.05) is 5.73 Å². The number of anilines is 1. The molecule has 3 nitrogen and oxygen atoms in total. The van der Waals surface area contributed by atoms with Gasteiger partial charge in [0.2, 0.25) is 5.88 Å². The highest BCUT2D eigenvalue weighted by atomic mass is 35.5. The number of nitrogens with two attached hydrogens (primary N) is 1. The van der Waals surface area contributed by atoms with Gasteiger partial charge in [-0.2, -0.15) is 0 Å². The Hall–Kier alpha value is -2.40. The molecule has 106 valence electrons. The second-order valence-corrected chi connectivity index (χ2v) is 4.76. The number of benzene rings is 2. The zero-order chi connectivity index (χ0) is 15.0. The summed E-state index contributed by atoms with van der Waals surface area (Å²) >= 11 is 5.96. The van der Waals surface area contributed by atoms with Gasteiger partial charge in [-0.15, -0.1) is 0 Å². The van der Waals surface area contributed by atoms with Crippen molar-refractivity contribution in [3.8, 4) is 22.4 Å². The molecule has 0 saturated heterocycles. The highest BCUT2D eigenvalue weighted by Crippen LogP contribution is 2.39. The largest absolute Gasteiger partial charge is 0.367 e. The minimum absolute atomic E-state index is 0.0101. The van der Waals surface area contributed by atoms with Gasteiger partial charge < -0.3 is 10.3 Å². The van der Waals surface area contributed by atoms with Crippen LogP contribution in [0.3, 0.4) is 0 Å². The second-order valence-electron chi connectivity index (χ2n) is 4.38. The molecular formula is C15H9ClF2N2O. The molecule has 0 radical (unpaired) electrons. The lowest BCUT2D eigenvalue weighted by Crippen LogP contribution is -1.90. The van der Waals surface area contributed by atoms with Crippen LogP contribution >= 0.6 is 11.6 Å². The molecule has 3 rings (SSSR count). The van der Waals surface area contributed by atoms with Crippen LogP contribution in [0.4, 0.5) is 14.7 Å². The Morgan fingerprint density at radius 2 is 1.86 bits per heavy atom. The van der Waals surface area contributed by atoms with E-state index in [4.69, 9.17) is 21.9 Å². The number of hydrogen-bond donors (Lipinski definition) is 1. The van der Waals surface area contributed by atoms with E-state index >= 15 is 0 Å². The van der Waals surface area contributed by atoms with E-state index in [-0.39, 0.29) is 16.6 Å². The van der Waals surface area contributed by atoms with Crippen LogP contribution in [0.2, 0.25) is 5.02 Å². The molecule has 3 aromatic rings. The zero-order valence-electron chi connectivity index (χ0n) is 10.6. The molecule has 6 heteroatoms. The first-order valence-electron chi connectivity index (χ1n) is 6.03. The number of nitrogens with zero attached hydrogens (tertiary/aromatic N) is 1. The van der Waals surface area contributed by atoms with E-state index in [9.17, 15) is 8.78 Å². The molecule has 1 aromatic heterocycles. The summed E-state index contributed by atoms with van der Waals surface area (Å²) in [4.78, 5) is 0. The van der Waals surface area contributed by atoms with Crippen molar-refractivity contribution >= 4 is 17.5 Å². The van der Waals surface area contributed by atoms with Crippen molar-refractivity contribution in [3.05, 3.63) is 59.1 Å². The van der Waals surface area contributed by atoms with Crippen molar-refractivity contribution in [3.63, 3.8) is 0 Å². The Morgan fingerprint density at radius 1 is 1.10 bits per heavy atom. The normalized spacial score (nSPS) is 10.8. The molecule has 21 heavy (non-hydrogen) atoms. The Morgan fingerprint density at radius 3 is 2.62 bits per heavy atom.